The second-order valence-corrected chi connectivity index (χ2v) is 8.31. The number of sulfonamides is 1. The van der Waals surface area contributed by atoms with Gasteiger partial charge in [-0.25, -0.2) is 8.42 Å². The van der Waals surface area contributed by atoms with E-state index in [0.29, 0.717) is 11.6 Å². The van der Waals surface area contributed by atoms with Crippen LogP contribution in [0.1, 0.15) is 25.7 Å². The van der Waals surface area contributed by atoms with Crippen LogP contribution in [0.15, 0.2) is 23.1 Å². The smallest absolute Gasteiger partial charge is 0.207 e. The Kier molecular flexibility index (Phi) is 5.77. The van der Waals surface area contributed by atoms with Crippen LogP contribution in [0, 0.1) is 0 Å². The van der Waals surface area contributed by atoms with Crippen molar-refractivity contribution < 1.29 is 8.42 Å². The van der Waals surface area contributed by atoms with E-state index in [1.807, 2.05) is 0 Å². The Morgan fingerprint density at radius 3 is 2.55 bits per heavy atom. The van der Waals surface area contributed by atoms with E-state index in [0.717, 1.165) is 31.0 Å². The summed E-state index contributed by atoms with van der Waals surface area (Å²) in [7, 11) is -3.59. The molecule has 1 saturated carbocycles. The average Bonchev–Trinajstić information content (AvgIpc) is 2.34. The molecule has 0 saturated heterocycles. The fraction of sp³-hybridized carbons (Fsp3) is 0.538. The molecule has 20 heavy (non-hydrogen) atoms. The molecular weight excluding hydrogens is 385 g/mol. The van der Waals surface area contributed by atoms with Crippen molar-refractivity contribution >= 4 is 49.2 Å². The molecule has 0 radical (unpaired) electrons. The highest BCUT2D eigenvalue weighted by Crippen LogP contribution is 2.33. The van der Waals surface area contributed by atoms with Gasteiger partial charge in [0.25, 0.3) is 0 Å². The van der Waals surface area contributed by atoms with Crippen LogP contribution in [0.4, 0.5) is 0 Å². The molecule has 0 aliphatic heterocycles. The van der Waals surface area contributed by atoms with Crippen molar-refractivity contribution in [3.05, 3.63) is 28.2 Å². The van der Waals surface area contributed by atoms with Crippen LogP contribution in [-0.4, -0.2) is 30.6 Å². The number of nitrogens with zero attached hydrogens (tertiary/aromatic N) is 1. The summed E-state index contributed by atoms with van der Waals surface area (Å²) in [5, 5.41) is 1.37. The van der Waals surface area contributed by atoms with E-state index in [9.17, 15) is 8.42 Å². The minimum atomic E-state index is -3.59. The molecule has 0 amide bonds. The number of halogens is 3. The lowest BCUT2D eigenvalue weighted by Crippen LogP contribution is -2.44. The second kappa shape index (κ2) is 6.97. The van der Waals surface area contributed by atoms with Crippen LogP contribution in [0.5, 0.6) is 0 Å². The van der Waals surface area contributed by atoms with Crippen molar-refractivity contribution in [3.63, 3.8) is 0 Å². The zero-order valence-corrected chi connectivity index (χ0v) is 14.8. The van der Waals surface area contributed by atoms with Gasteiger partial charge in [-0.2, -0.15) is 4.31 Å². The van der Waals surface area contributed by atoms with Gasteiger partial charge in [0, 0.05) is 22.9 Å². The second-order valence-electron chi connectivity index (χ2n) is 4.82. The zero-order chi connectivity index (χ0) is 14.8. The maximum Gasteiger partial charge on any atom is 0.244 e. The quantitative estimate of drug-likeness (QED) is 0.666. The third kappa shape index (κ3) is 3.50. The summed E-state index contributed by atoms with van der Waals surface area (Å²) in [6.07, 6.45) is 3.68. The molecule has 7 heteroatoms. The molecule has 1 fully saturated rings. The Morgan fingerprint density at radius 1 is 1.30 bits per heavy atom. The molecule has 0 heterocycles. The Bertz CT molecular complexity index is 576. The predicted octanol–water partition coefficient (Wildman–Crippen LogP) is 4.32. The fourth-order valence-corrected chi connectivity index (χ4v) is 4.90. The van der Waals surface area contributed by atoms with Crippen LogP contribution >= 0.6 is 39.1 Å². The SMILES string of the molecule is O=S(=O)(c1cc(Cl)ccc1Cl)N(CCCBr)C1CCC1. The van der Waals surface area contributed by atoms with Gasteiger partial charge in [-0.05, 0) is 37.5 Å². The summed E-state index contributed by atoms with van der Waals surface area (Å²) in [5.74, 6) is 0. The monoisotopic (exact) mass is 399 g/mol. The summed E-state index contributed by atoms with van der Waals surface area (Å²) in [6.45, 7) is 0.501. The van der Waals surface area contributed by atoms with Crippen molar-refractivity contribution in [2.45, 2.75) is 36.6 Å². The normalized spacial score (nSPS) is 16.4. The van der Waals surface area contributed by atoms with Gasteiger partial charge in [-0.1, -0.05) is 45.6 Å². The molecule has 0 spiro atoms. The molecule has 2 rings (SSSR count). The maximum atomic E-state index is 12.8. The van der Waals surface area contributed by atoms with Gasteiger partial charge in [-0.15, -0.1) is 0 Å². The van der Waals surface area contributed by atoms with Crippen LogP contribution in [0.25, 0.3) is 0 Å². The molecule has 0 bridgehead atoms. The van der Waals surface area contributed by atoms with Crippen molar-refractivity contribution in [3.8, 4) is 0 Å². The van der Waals surface area contributed by atoms with Crippen LogP contribution in [-0.2, 0) is 10.0 Å². The molecule has 0 unspecified atom stereocenters. The number of rotatable bonds is 6. The lowest BCUT2D eigenvalue weighted by Gasteiger charge is -2.36. The van der Waals surface area contributed by atoms with E-state index in [-0.39, 0.29) is 16.0 Å². The number of alkyl halides is 1. The summed E-state index contributed by atoms with van der Waals surface area (Å²) in [6, 6.07) is 4.64. The highest BCUT2D eigenvalue weighted by Gasteiger charge is 2.35. The van der Waals surface area contributed by atoms with Crippen LogP contribution in [0.3, 0.4) is 0 Å². The number of hydrogen-bond acceptors (Lipinski definition) is 2. The van der Waals surface area contributed by atoms with Gasteiger partial charge in [0.2, 0.25) is 10.0 Å². The molecule has 0 atom stereocenters. The molecule has 0 N–H and O–H groups in total. The summed E-state index contributed by atoms with van der Waals surface area (Å²) in [5.41, 5.74) is 0. The van der Waals surface area contributed by atoms with Gasteiger partial charge in [0.15, 0.2) is 0 Å². The maximum absolute atomic E-state index is 12.8. The first-order valence-electron chi connectivity index (χ1n) is 6.49. The molecule has 1 aromatic rings. The van der Waals surface area contributed by atoms with E-state index in [1.165, 1.54) is 12.1 Å². The minimum Gasteiger partial charge on any atom is -0.207 e. The molecular formula is C13H16BrCl2NO2S. The average molecular weight is 401 g/mol. The van der Waals surface area contributed by atoms with E-state index in [4.69, 9.17) is 23.2 Å². The molecule has 3 nitrogen and oxygen atoms in total. The minimum absolute atomic E-state index is 0.0918. The molecule has 1 aliphatic carbocycles. The lowest BCUT2D eigenvalue weighted by atomic mass is 9.93. The topological polar surface area (TPSA) is 37.4 Å². The van der Waals surface area contributed by atoms with Crippen molar-refractivity contribution in [1.82, 2.24) is 4.31 Å². The third-order valence-electron chi connectivity index (χ3n) is 3.47. The highest BCUT2D eigenvalue weighted by atomic mass is 79.9. The molecule has 1 aliphatic rings. The van der Waals surface area contributed by atoms with Gasteiger partial charge >= 0.3 is 0 Å². The first-order valence-corrected chi connectivity index (χ1v) is 9.81. The Hall–Kier alpha value is 0.190. The van der Waals surface area contributed by atoms with Crippen molar-refractivity contribution in [2.75, 3.05) is 11.9 Å². The number of hydrogen-bond donors (Lipinski definition) is 0. The fourth-order valence-electron chi connectivity index (χ4n) is 2.19. The lowest BCUT2D eigenvalue weighted by molar-refractivity contribution is 0.220. The van der Waals surface area contributed by atoms with E-state index < -0.39 is 10.0 Å². The van der Waals surface area contributed by atoms with Gasteiger partial charge < -0.3 is 0 Å². The summed E-state index contributed by atoms with van der Waals surface area (Å²) >= 11 is 15.3. The summed E-state index contributed by atoms with van der Waals surface area (Å²) in [4.78, 5) is 0.105. The Balaban J connectivity index is 2.36. The molecule has 1 aromatic carbocycles. The zero-order valence-electron chi connectivity index (χ0n) is 10.9. The summed E-state index contributed by atoms with van der Waals surface area (Å²) < 4.78 is 27.2. The van der Waals surface area contributed by atoms with Gasteiger partial charge in [0.1, 0.15) is 4.90 Å². The number of benzene rings is 1. The Labute approximate surface area is 138 Å². The van der Waals surface area contributed by atoms with E-state index in [2.05, 4.69) is 15.9 Å². The largest absolute Gasteiger partial charge is 0.244 e. The van der Waals surface area contributed by atoms with Crippen LogP contribution < -0.4 is 0 Å². The van der Waals surface area contributed by atoms with E-state index >= 15 is 0 Å². The Morgan fingerprint density at radius 2 is 2.00 bits per heavy atom. The van der Waals surface area contributed by atoms with Gasteiger partial charge in [-0.3, -0.25) is 0 Å². The third-order valence-corrected chi connectivity index (χ3v) is 6.70. The van der Waals surface area contributed by atoms with Crippen molar-refractivity contribution in [1.29, 1.82) is 0 Å². The van der Waals surface area contributed by atoms with E-state index in [1.54, 1.807) is 10.4 Å². The first kappa shape index (κ1) is 16.6. The predicted molar refractivity (Wildman–Crippen MR) is 86.4 cm³/mol. The highest BCUT2D eigenvalue weighted by molar-refractivity contribution is 9.09. The molecule has 0 aromatic heterocycles. The standard InChI is InChI=1S/C13H16BrCl2NO2S/c14-7-2-8-17(11-3-1-4-11)20(18,19)13-9-10(15)5-6-12(13)16/h5-6,9,11H,1-4,7-8H2. The van der Waals surface area contributed by atoms with Crippen LogP contribution in [0.2, 0.25) is 10.0 Å². The molecule has 112 valence electrons. The van der Waals surface area contributed by atoms with Gasteiger partial charge in [0.05, 0.1) is 5.02 Å². The first-order chi connectivity index (χ1) is 9.46. The van der Waals surface area contributed by atoms with Crippen molar-refractivity contribution in [2.24, 2.45) is 0 Å².